The predicted molar refractivity (Wildman–Crippen MR) is 73.6 cm³/mol. The molecule has 21 heavy (non-hydrogen) atoms. The van der Waals surface area contributed by atoms with E-state index in [-0.39, 0.29) is 24.3 Å². The number of pyridine rings is 1. The molecule has 1 aliphatic heterocycles. The Labute approximate surface area is 122 Å². The van der Waals surface area contributed by atoms with Gasteiger partial charge in [-0.25, -0.2) is 4.98 Å². The van der Waals surface area contributed by atoms with Crippen LogP contribution in [0.5, 0.6) is 5.88 Å². The number of hydrogen-bond donors (Lipinski definition) is 1. The molecule has 2 heterocycles. The SMILES string of the molecule is COc1ccc(C(=O)N[C@H]2CC(=O)N(C(C)C)C2=O)cn1. The van der Waals surface area contributed by atoms with E-state index < -0.39 is 11.9 Å². The summed E-state index contributed by atoms with van der Waals surface area (Å²) >= 11 is 0. The second kappa shape index (κ2) is 5.90. The number of ether oxygens (including phenoxy) is 1. The third-order valence-electron chi connectivity index (χ3n) is 3.21. The number of nitrogens with zero attached hydrogens (tertiary/aromatic N) is 2. The van der Waals surface area contributed by atoms with Crippen molar-refractivity contribution in [2.24, 2.45) is 0 Å². The summed E-state index contributed by atoms with van der Waals surface area (Å²) in [6.07, 6.45) is 1.35. The normalized spacial score (nSPS) is 18.3. The molecule has 1 N–H and O–H groups in total. The lowest BCUT2D eigenvalue weighted by Crippen LogP contribution is -2.43. The summed E-state index contributed by atoms with van der Waals surface area (Å²) in [5, 5.41) is 2.57. The van der Waals surface area contributed by atoms with E-state index in [2.05, 4.69) is 10.3 Å². The van der Waals surface area contributed by atoms with E-state index in [1.165, 1.54) is 18.2 Å². The van der Waals surface area contributed by atoms with Crippen molar-refractivity contribution in [3.8, 4) is 5.88 Å². The van der Waals surface area contributed by atoms with Crippen LogP contribution in [0.4, 0.5) is 0 Å². The fraction of sp³-hybridized carbons (Fsp3) is 0.429. The Bertz CT molecular complexity index is 568. The zero-order valence-corrected chi connectivity index (χ0v) is 12.1. The molecule has 1 aromatic heterocycles. The molecule has 0 unspecified atom stereocenters. The molecule has 7 nitrogen and oxygen atoms in total. The molecule has 1 aliphatic rings. The maximum Gasteiger partial charge on any atom is 0.253 e. The lowest BCUT2D eigenvalue weighted by atomic mass is 10.2. The Hall–Kier alpha value is -2.44. The van der Waals surface area contributed by atoms with Gasteiger partial charge < -0.3 is 10.1 Å². The summed E-state index contributed by atoms with van der Waals surface area (Å²) in [7, 11) is 1.48. The van der Waals surface area contributed by atoms with Crippen LogP contribution in [0.2, 0.25) is 0 Å². The van der Waals surface area contributed by atoms with E-state index >= 15 is 0 Å². The second-order valence-electron chi connectivity index (χ2n) is 5.02. The van der Waals surface area contributed by atoms with E-state index in [1.54, 1.807) is 26.0 Å². The third-order valence-corrected chi connectivity index (χ3v) is 3.21. The van der Waals surface area contributed by atoms with Crippen molar-refractivity contribution >= 4 is 17.7 Å². The molecule has 1 aromatic rings. The van der Waals surface area contributed by atoms with Crippen LogP contribution >= 0.6 is 0 Å². The molecule has 1 saturated heterocycles. The number of methoxy groups -OCH3 is 1. The molecule has 7 heteroatoms. The van der Waals surface area contributed by atoms with Gasteiger partial charge in [0.05, 0.1) is 19.1 Å². The summed E-state index contributed by atoms with van der Waals surface area (Å²) in [5.74, 6) is -0.690. The maximum absolute atomic E-state index is 12.1. The Balaban J connectivity index is 2.06. The summed E-state index contributed by atoms with van der Waals surface area (Å²) < 4.78 is 4.91. The fourth-order valence-corrected chi connectivity index (χ4v) is 2.18. The van der Waals surface area contributed by atoms with Gasteiger partial charge in [0.1, 0.15) is 6.04 Å². The van der Waals surface area contributed by atoms with Crippen molar-refractivity contribution in [1.82, 2.24) is 15.2 Å². The quantitative estimate of drug-likeness (QED) is 0.809. The highest BCUT2D eigenvalue weighted by Gasteiger charge is 2.40. The number of imide groups is 1. The van der Waals surface area contributed by atoms with Crippen molar-refractivity contribution < 1.29 is 19.1 Å². The molecule has 0 aromatic carbocycles. The molecule has 0 bridgehead atoms. The van der Waals surface area contributed by atoms with Gasteiger partial charge in [-0.3, -0.25) is 19.3 Å². The van der Waals surface area contributed by atoms with E-state index in [0.29, 0.717) is 11.4 Å². The zero-order chi connectivity index (χ0) is 15.6. The number of aromatic nitrogens is 1. The number of likely N-dealkylation sites (tertiary alicyclic amines) is 1. The molecule has 1 atom stereocenters. The molecule has 0 radical (unpaired) electrons. The molecule has 1 fully saturated rings. The van der Waals surface area contributed by atoms with Crippen LogP contribution in [-0.2, 0) is 9.59 Å². The fourth-order valence-electron chi connectivity index (χ4n) is 2.18. The maximum atomic E-state index is 12.1. The van der Waals surface area contributed by atoms with Crippen molar-refractivity contribution in [2.75, 3.05) is 7.11 Å². The number of carbonyl (C=O) groups excluding carboxylic acids is 3. The van der Waals surface area contributed by atoms with E-state index in [9.17, 15) is 14.4 Å². The van der Waals surface area contributed by atoms with Gasteiger partial charge in [0.25, 0.3) is 11.8 Å². The van der Waals surface area contributed by atoms with Gasteiger partial charge in [0.2, 0.25) is 11.8 Å². The molecular formula is C14H17N3O4. The highest BCUT2D eigenvalue weighted by Crippen LogP contribution is 2.17. The first-order valence-corrected chi connectivity index (χ1v) is 6.61. The second-order valence-corrected chi connectivity index (χ2v) is 5.02. The van der Waals surface area contributed by atoms with Crippen LogP contribution in [0.1, 0.15) is 30.6 Å². The molecule has 0 saturated carbocycles. The number of hydrogen-bond acceptors (Lipinski definition) is 5. The Kier molecular flexibility index (Phi) is 4.21. The van der Waals surface area contributed by atoms with Crippen LogP contribution in [0.3, 0.4) is 0 Å². The highest BCUT2D eigenvalue weighted by molar-refractivity contribution is 6.08. The van der Waals surface area contributed by atoms with Gasteiger partial charge in [-0.1, -0.05) is 0 Å². The molecule has 3 amide bonds. The monoisotopic (exact) mass is 291 g/mol. The van der Waals surface area contributed by atoms with Crippen molar-refractivity contribution in [3.63, 3.8) is 0 Å². The predicted octanol–water partition coefficient (Wildman–Crippen LogP) is 0.356. The summed E-state index contributed by atoms with van der Waals surface area (Å²) in [4.78, 5) is 41.0. The van der Waals surface area contributed by atoms with Gasteiger partial charge in [-0.15, -0.1) is 0 Å². The van der Waals surface area contributed by atoms with Crippen molar-refractivity contribution in [3.05, 3.63) is 23.9 Å². The van der Waals surface area contributed by atoms with E-state index in [1.807, 2.05) is 0 Å². The van der Waals surface area contributed by atoms with E-state index in [0.717, 1.165) is 0 Å². The molecular weight excluding hydrogens is 274 g/mol. The first-order valence-electron chi connectivity index (χ1n) is 6.61. The van der Waals surface area contributed by atoms with Crippen LogP contribution < -0.4 is 10.1 Å². The minimum Gasteiger partial charge on any atom is -0.481 e. The smallest absolute Gasteiger partial charge is 0.253 e. The zero-order valence-electron chi connectivity index (χ0n) is 12.1. The van der Waals surface area contributed by atoms with Crippen LogP contribution in [0.15, 0.2) is 18.3 Å². The number of nitrogens with one attached hydrogen (secondary N) is 1. The van der Waals surface area contributed by atoms with Gasteiger partial charge in [-0.2, -0.15) is 0 Å². The molecule has 2 rings (SSSR count). The van der Waals surface area contributed by atoms with Gasteiger partial charge >= 0.3 is 0 Å². The van der Waals surface area contributed by atoms with Crippen LogP contribution in [0.25, 0.3) is 0 Å². The number of rotatable bonds is 4. The summed E-state index contributed by atoms with van der Waals surface area (Å²) in [6.45, 7) is 3.51. The Morgan fingerprint density at radius 2 is 2.14 bits per heavy atom. The Morgan fingerprint density at radius 3 is 2.62 bits per heavy atom. The van der Waals surface area contributed by atoms with Crippen molar-refractivity contribution in [2.45, 2.75) is 32.4 Å². The molecule has 0 aliphatic carbocycles. The molecule has 112 valence electrons. The van der Waals surface area contributed by atoms with Gasteiger partial charge in [0, 0.05) is 18.3 Å². The molecule has 0 spiro atoms. The van der Waals surface area contributed by atoms with Crippen LogP contribution in [0, 0.1) is 0 Å². The van der Waals surface area contributed by atoms with Crippen LogP contribution in [-0.4, -0.2) is 46.8 Å². The average molecular weight is 291 g/mol. The minimum atomic E-state index is -0.811. The lowest BCUT2D eigenvalue weighted by molar-refractivity contribution is -0.140. The largest absolute Gasteiger partial charge is 0.481 e. The Morgan fingerprint density at radius 1 is 1.43 bits per heavy atom. The first-order chi connectivity index (χ1) is 9.93. The third kappa shape index (κ3) is 3.01. The standard InChI is InChI=1S/C14H17N3O4/c1-8(2)17-12(18)6-10(14(17)20)16-13(19)9-4-5-11(21-3)15-7-9/h4-5,7-8,10H,6H2,1-3H3,(H,16,19)/t10-/m0/s1. The highest BCUT2D eigenvalue weighted by atomic mass is 16.5. The number of amides is 3. The summed E-state index contributed by atoms with van der Waals surface area (Å²) in [5.41, 5.74) is 0.305. The topological polar surface area (TPSA) is 88.6 Å². The lowest BCUT2D eigenvalue weighted by Gasteiger charge is -2.19. The van der Waals surface area contributed by atoms with Crippen molar-refractivity contribution in [1.29, 1.82) is 0 Å². The minimum absolute atomic E-state index is 0.00760. The number of carbonyl (C=O) groups is 3. The van der Waals surface area contributed by atoms with E-state index in [4.69, 9.17) is 4.74 Å². The summed E-state index contributed by atoms with van der Waals surface area (Å²) in [6, 6.07) is 2.07. The average Bonchev–Trinajstić information content (AvgIpc) is 2.73. The van der Waals surface area contributed by atoms with Gasteiger partial charge in [0.15, 0.2) is 0 Å². The van der Waals surface area contributed by atoms with Gasteiger partial charge in [-0.05, 0) is 19.9 Å². The first kappa shape index (κ1) is 15.0.